The molecular formula is C23H22N4O2. The van der Waals surface area contributed by atoms with Crippen LogP contribution in [0.4, 0.5) is 17.2 Å². The van der Waals surface area contributed by atoms with E-state index in [1.807, 2.05) is 18.2 Å². The average molecular weight is 386 g/mol. The Morgan fingerprint density at radius 3 is 2.24 bits per heavy atom. The lowest BCUT2D eigenvalue weighted by molar-refractivity contribution is 0.102. The summed E-state index contributed by atoms with van der Waals surface area (Å²) in [6, 6.07) is 19.6. The third kappa shape index (κ3) is 4.43. The Balaban J connectivity index is 1.47. The van der Waals surface area contributed by atoms with Gasteiger partial charge in [-0.1, -0.05) is 30.3 Å². The second-order valence-electron chi connectivity index (χ2n) is 6.92. The van der Waals surface area contributed by atoms with E-state index < -0.39 is 0 Å². The first kappa shape index (κ1) is 18.7. The van der Waals surface area contributed by atoms with Gasteiger partial charge in [0, 0.05) is 18.7 Å². The average Bonchev–Trinajstić information content (AvgIpc) is 3.30. The van der Waals surface area contributed by atoms with Gasteiger partial charge in [-0.25, -0.2) is 4.98 Å². The lowest BCUT2D eigenvalue weighted by Gasteiger charge is -2.16. The van der Waals surface area contributed by atoms with Crippen molar-refractivity contribution in [1.82, 2.24) is 4.98 Å². The maximum atomic E-state index is 12.8. The zero-order valence-corrected chi connectivity index (χ0v) is 16.0. The van der Waals surface area contributed by atoms with Crippen LogP contribution in [0.5, 0.6) is 0 Å². The molecule has 1 aliphatic rings. The molecule has 6 heteroatoms. The van der Waals surface area contributed by atoms with Crippen molar-refractivity contribution in [3.05, 3.63) is 84.1 Å². The first-order valence-corrected chi connectivity index (χ1v) is 9.68. The third-order valence-corrected chi connectivity index (χ3v) is 4.89. The van der Waals surface area contributed by atoms with Gasteiger partial charge in [-0.2, -0.15) is 0 Å². The monoisotopic (exact) mass is 386 g/mol. The third-order valence-electron chi connectivity index (χ3n) is 4.89. The van der Waals surface area contributed by atoms with Crippen molar-refractivity contribution in [3.8, 4) is 0 Å². The minimum Gasteiger partial charge on any atom is -0.357 e. The number of carbonyl (C=O) groups excluding carboxylic acids is 2. The van der Waals surface area contributed by atoms with Crippen molar-refractivity contribution in [1.29, 1.82) is 0 Å². The Morgan fingerprint density at radius 1 is 0.793 bits per heavy atom. The number of para-hydroxylation sites is 1. The summed E-state index contributed by atoms with van der Waals surface area (Å²) in [7, 11) is 0. The summed E-state index contributed by atoms with van der Waals surface area (Å²) < 4.78 is 0. The van der Waals surface area contributed by atoms with Crippen LogP contribution in [-0.2, 0) is 0 Å². The fourth-order valence-corrected chi connectivity index (χ4v) is 3.37. The number of pyridine rings is 1. The molecule has 0 radical (unpaired) electrons. The topological polar surface area (TPSA) is 74.3 Å². The van der Waals surface area contributed by atoms with Crippen molar-refractivity contribution >= 4 is 29.0 Å². The SMILES string of the molecule is O=C(Nc1ccccc1C(=O)Nc1ccc(N2CCCC2)nc1)c1ccccc1. The minimum atomic E-state index is -0.301. The Morgan fingerprint density at radius 2 is 1.52 bits per heavy atom. The minimum absolute atomic E-state index is 0.262. The molecule has 0 saturated carbocycles. The summed E-state index contributed by atoms with van der Waals surface area (Å²) in [5, 5.41) is 5.68. The van der Waals surface area contributed by atoms with E-state index in [0.29, 0.717) is 22.5 Å². The smallest absolute Gasteiger partial charge is 0.257 e. The number of anilines is 3. The van der Waals surface area contributed by atoms with Gasteiger partial charge in [0.1, 0.15) is 5.82 Å². The van der Waals surface area contributed by atoms with Gasteiger partial charge in [-0.05, 0) is 49.2 Å². The molecule has 29 heavy (non-hydrogen) atoms. The predicted octanol–water partition coefficient (Wildman–Crippen LogP) is 4.19. The Hall–Kier alpha value is -3.67. The second kappa shape index (κ2) is 8.56. The van der Waals surface area contributed by atoms with Gasteiger partial charge in [-0.15, -0.1) is 0 Å². The highest BCUT2D eigenvalue weighted by Gasteiger charge is 2.16. The molecule has 2 aromatic carbocycles. The molecule has 1 saturated heterocycles. The summed E-state index contributed by atoms with van der Waals surface area (Å²) in [6.07, 6.45) is 4.04. The Bertz CT molecular complexity index is 997. The summed E-state index contributed by atoms with van der Waals surface area (Å²) >= 11 is 0. The largest absolute Gasteiger partial charge is 0.357 e. The van der Waals surface area contributed by atoms with E-state index in [9.17, 15) is 9.59 Å². The number of nitrogens with one attached hydrogen (secondary N) is 2. The Kier molecular flexibility index (Phi) is 5.52. The van der Waals surface area contributed by atoms with Crippen molar-refractivity contribution in [3.63, 3.8) is 0 Å². The molecule has 2 heterocycles. The zero-order valence-electron chi connectivity index (χ0n) is 16.0. The summed E-state index contributed by atoms with van der Waals surface area (Å²) in [6.45, 7) is 2.04. The van der Waals surface area contributed by atoms with Gasteiger partial charge in [-0.3, -0.25) is 9.59 Å². The number of hydrogen-bond acceptors (Lipinski definition) is 4. The van der Waals surface area contributed by atoms with Crippen LogP contribution in [0, 0.1) is 0 Å². The molecule has 146 valence electrons. The lowest BCUT2D eigenvalue weighted by atomic mass is 10.1. The van der Waals surface area contributed by atoms with Crippen molar-refractivity contribution in [2.75, 3.05) is 28.6 Å². The molecule has 0 spiro atoms. The number of nitrogens with zero attached hydrogens (tertiary/aromatic N) is 2. The quantitative estimate of drug-likeness (QED) is 0.690. The second-order valence-corrected chi connectivity index (χ2v) is 6.92. The van der Waals surface area contributed by atoms with Gasteiger partial charge < -0.3 is 15.5 Å². The van der Waals surface area contributed by atoms with E-state index >= 15 is 0 Å². The molecule has 0 unspecified atom stereocenters. The first-order valence-electron chi connectivity index (χ1n) is 9.68. The number of rotatable bonds is 5. The van der Waals surface area contributed by atoms with E-state index in [1.165, 1.54) is 12.8 Å². The number of amides is 2. The highest BCUT2D eigenvalue weighted by Crippen LogP contribution is 2.21. The van der Waals surface area contributed by atoms with Crippen molar-refractivity contribution in [2.24, 2.45) is 0 Å². The number of benzene rings is 2. The van der Waals surface area contributed by atoms with Crippen LogP contribution < -0.4 is 15.5 Å². The van der Waals surface area contributed by atoms with Gasteiger partial charge in [0.2, 0.25) is 0 Å². The first-order chi connectivity index (χ1) is 14.2. The van der Waals surface area contributed by atoms with Crippen molar-refractivity contribution in [2.45, 2.75) is 12.8 Å². The molecule has 1 aliphatic heterocycles. The fraction of sp³-hybridized carbons (Fsp3) is 0.174. The van der Waals surface area contributed by atoms with Crippen LogP contribution in [-0.4, -0.2) is 29.9 Å². The van der Waals surface area contributed by atoms with Crippen LogP contribution in [0.25, 0.3) is 0 Å². The summed E-state index contributed by atoms with van der Waals surface area (Å²) in [5.74, 6) is 0.364. The van der Waals surface area contributed by atoms with Gasteiger partial charge in [0.25, 0.3) is 11.8 Å². The number of aromatic nitrogens is 1. The maximum absolute atomic E-state index is 12.8. The molecule has 0 aliphatic carbocycles. The van der Waals surface area contributed by atoms with E-state index in [4.69, 9.17) is 0 Å². The fourth-order valence-electron chi connectivity index (χ4n) is 3.37. The van der Waals surface area contributed by atoms with Crippen LogP contribution >= 0.6 is 0 Å². The van der Waals surface area contributed by atoms with Gasteiger partial charge >= 0.3 is 0 Å². The molecule has 2 amide bonds. The van der Waals surface area contributed by atoms with E-state index in [-0.39, 0.29) is 11.8 Å². The van der Waals surface area contributed by atoms with Gasteiger partial charge in [0.15, 0.2) is 0 Å². The Labute approximate surface area is 169 Å². The van der Waals surface area contributed by atoms with Crippen LogP contribution in [0.15, 0.2) is 72.9 Å². The molecule has 0 atom stereocenters. The maximum Gasteiger partial charge on any atom is 0.257 e. The number of hydrogen-bond donors (Lipinski definition) is 2. The molecule has 1 aromatic heterocycles. The lowest BCUT2D eigenvalue weighted by Crippen LogP contribution is -2.20. The standard InChI is InChI=1S/C23H22N4O2/c28-22(17-8-2-1-3-9-17)26-20-11-5-4-10-19(20)23(29)25-18-12-13-21(24-16-18)27-14-6-7-15-27/h1-5,8-13,16H,6-7,14-15H2,(H,25,29)(H,26,28). The number of carbonyl (C=O) groups is 2. The highest BCUT2D eigenvalue weighted by atomic mass is 16.2. The normalized spacial score (nSPS) is 13.2. The molecule has 3 aromatic rings. The van der Waals surface area contributed by atoms with Crippen LogP contribution in [0.2, 0.25) is 0 Å². The molecule has 4 rings (SSSR count). The predicted molar refractivity (Wildman–Crippen MR) is 114 cm³/mol. The van der Waals surface area contributed by atoms with E-state index in [2.05, 4.69) is 20.5 Å². The van der Waals surface area contributed by atoms with E-state index in [1.54, 1.807) is 54.7 Å². The highest BCUT2D eigenvalue weighted by molar-refractivity contribution is 6.12. The molecular weight excluding hydrogens is 364 g/mol. The molecule has 1 fully saturated rings. The van der Waals surface area contributed by atoms with Crippen molar-refractivity contribution < 1.29 is 9.59 Å². The summed E-state index contributed by atoms with van der Waals surface area (Å²) in [5.41, 5.74) is 1.99. The summed E-state index contributed by atoms with van der Waals surface area (Å²) in [4.78, 5) is 31.9. The van der Waals surface area contributed by atoms with Crippen LogP contribution in [0.3, 0.4) is 0 Å². The van der Waals surface area contributed by atoms with Gasteiger partial charge in [0.05, 0.1) is 23.1 Å². The molecule has 6 nitrogen and oxygen atoms in total. The molecule has 2 N–H and O–H groups in total. The zero-order chi connectivity index (χ0) is 20.1. The van der Waals surface area contributed by atoms with Crippen LogP contribution in [0.1, 0.15) is 33.6 Å². The van der Waals surface area contributed by atoms with E-state index in [0.717, 1.165) is 18.9 Å². The molecule has 0 bridgehead atoms.